The Kier molecular flexibility index (Phi) is 8.66. The Hall–Kier alpha value is -2.68. The van der Waals surface area contributed by atoms with E-state index in [4.69, 9.17) is 4.42 Å². The van der Waals surface area contributed by atoms with Gasteiger partial charge < -0.3 is 9.32 Å². The highest BCUT2D eigenvalue weighted by molar-refractivity contribution is 7.98. The molecule has 3 rings (SSSR count). The molecular weight excluding hydrogens is 440 g/mol. The highest BCUT2D eigenvalue weighted by atomic mass is 32.2. The van der Waals surface area contributed by atoms with Crippen LogP contribution in [0.25, 0.3) is 0 Å². The van der Waals surface area contributed by atoms with E-state index in [-0.39, 0.29) is 29.7 Å². The van der Waals surface area contributed by atoms with Crippen molar-refractivity contribution in [2.45, 2.75) is 63.1 Å². The van der Waals surface area contributed by atoms with Crippen molar-refractivity contribution in [3.8, 4) is 0 Å². The van der Waals surface area contributed by atoms with Crippen LogP contribution in [0.1, 0.15) is 68.1 Å². The summed E-state index contributed by atoms with van der Waals surface area (Å²) in [6, 6.07) is 8.76. The lowest BCUT2D eigenvalue weighted by molar-refractivity contribution is -0.135. The normalized spacial score (nSPS) is 19.2. The van der Waals surface area contributed by atoms with Gasteiger partial charge in [-0.05, 0) is 43.6 Å². The molecule has 1 heterocycles. The summed E-state index contributed by atoms with van der Waals surface area (Å²) >= 11 is 1.30. The van der Waals surface area contributed by atoms with E-state index >= 15 is 0 Å². The average Bonchev–Trinajstić information content (AvgIpc) is 3.31. The molecule has 0 radical (unpaired) electrons. The van der Waals surface area contributed by atoms with Crippen molar-refractivity contribution in [2.75, 3.05) is 13.3 Å². The van der Waals surface area contributed by atoms with Gasteiger partial charge in [-0.15, -0.1) is 10.2 Å². The molecule has 9 heteroatoms. The van der Waals surface area contributed by atoms with Gasteiger partial charge in [0.2, 0.25) is 17.7 Å². The third-order valence-electron chi connectivity index (χ3n) is 6.07. The molecule has 0 aliphatic heterocycles. The second kappa shape index (κ2) is 11.4. The van der Waals surface area contributed by atoms with Crippen LogP contribution in [-0.4, -0.2) is 52.2 Å². The molecule has 0 unspecified atom stereocenters. The van der Waals surface area contributed by atoms with Crippen molar-refractivity contribution in [2.24, 2.45) is 11.8 Å². The van der Waals surface area contributed by atoms with Crippen molar-refractivity contribution < 1.29 is 18.8 Å². The van der Waals surface area contributed by atoms with E-state index in [2.05, 4.69) is 15.5 Å². The minimum Gasteiger partial charge on any atom is -0.415 e. The summed E-state index contributed by atoms with van der Waals surface area (Å²) in [4.78, 5) is 41.0. The number of thioether (sulfide) groups is 1. The van der Waals surface area contributed by atoms with Crippen LogP contribution in [0.2, 0.25) is 0 Å². The number of nitrogens with one attached hydrogen (secondary N) is 1. The van der Waals surface area contributed by atoms with Gasteiger partial charge in [-0.3, -0.25) is 19.7 Å². The van der Waals surface area contributed by atoms with E-state index in [1.54, 1.807) is 24.1 Å². The van der Waals surface area contributed by atoms with Crippen molar-refractivity contribution in [3.63, 3.8) is 0 Å². The predicted octanol–water partition coefficient (Wildman–Crippen LogP) is 3.90. The second-order valence-electron chi connectivity index (χ2n) is 8.89. The van der Waals surface area contributed by atoms with Crippen molar-refractivity contribution in [1.82, 2.24) is 20.4 Å². The van der Waals surface area contributed by atoms with Crippen molar-refractivity contribution in [3.05, 3.63) is 41.8 Å². The monoisotopic (exact) mass is 472 g/mol. The highest BCUT2D eigenvalue weighted by Gasteiger charge is 2.38. The zero-order valence-electron chi connectivity index (χ0n) is 19.6. The summed E-state index contributed by atoms with van der Waals surface area (Å²) in [6.07, 6.45) is 5.46. The molecule has 33 heavy (non-hydrogen) atoms. The first-order valence-electron chi connectivity index (χ1n) is 11.4. The number of hydrogen-bond donors (Lipinski definition) is 1. The van der Waals surface area contributed by atoms with Crippen LogP contribution in [0.15, 0.2) is 40.0 Å². The molecular formula is C24H32N4O4S. The molecule has 0 spiro atoms. The molecule has 1 N–H and O–H groups in total. The van der Waals surface area contributed by atoms with E-state index in [9.17, 15) is 14.4 Å². The minimum absolute atomic E-state index is 0.125. The summed E-state index contributed by atoms with van der Waals surface area (Å²) in [5.41, 5.74) is 0.582. The maximum absolute atomic E-state index is 13.2. The molecule has 0 saturated heterocycles. The molecule has 1 aromatic heterocycles. The molecule has 1 aliphatic carbocycles. The number of hydrogen-bond acceptors (Lipinski definition) is 7. The summed E-state index contributed by atoms with van der Waals surface area (Å²) in [5.74, 6) is -1.66. The largest absolute Gasteiger partial charge is 0.415 e. The van der Waals surface area contributed by atoms with E-state index in [1.165, 1.54) is 11.8 Å². The van der Waals surface area contributed by atoms with E-state index < -0.39 is 17.7 Å². The maximum atomic E-state index is 13.2. The lowest BCUT2D eigenvalue weighted by Crippen LogP contribution is -2.50. The first kappa shape index (κ1) is 25.0. The van der Waals surface area contributed by atoms with E-state index in [0.29, 0.717) is 23.6 Å². The zero-order chi connectivity index (χ0) is 24.0. The first-order chi connectivity index (χ1) is 15.8. The number of carbonyl (C=O) groups excluding carboxylic acids is 3. The fourth-order valence-electron chi connectivity index (χ4n) is 4.35. The standard InChI is InChI=1S/C24H32N4O4S/c1-15(2)14-18(22-26-27-24(32-22)33-4)21(30)25-20(29)17-12-8-9-13-19(17)28(3)23(31)16-10-6-5-7-11-16/h5-7,10-11,15,17-19H,8-9,12-14H2,1-4H3,(H,25,29,30)/t17-,18-,19+/m1/s1. The molecule has 178 valence electrons. The van der Waals surface area contributed by atoms with Crippen LogP contribution in [0.3, 0.4) is 0 Å². The van der Waals surface area contributed by atoms with Gasteiger partial charge in [-0.1, -0.05) is 56.7 Å². The average molecular weight is 473 g/mol. The number of benzene rings is 1. The molecule has 3 amide bonds. The number of aromatic nitrogens is 2. The number of nitrogens with zero attached hydrogens (tertiary/aromatic N) is 3. The van der Waals surface area contributed by atoms with Crippen LogP contribution >= 0.6 is 11.8 Å². The van der Waals surface area contributed by atoms with Crippen LogP contribution in [0.4, 0.5) is 0 Å². The molecule has 2 aromatic rings. The number of carbonyl (C=O) groups is 3. The molecule has 1 aromatic carbocycles. The predicted molar refractivity (Wildman–Crippen MR) is 126 cm³/mol. The maximum Gasteiger partial charge on any atom is 0.276 e. The van der Waals surface area contributed by atoms with Gasteiger partial charge in [0.1, 0.15) is 5.92 Å². The van der Waals surface area contributed by atoms with Gasteiger partial charge in [-0.2, -0.15) is 0 Å². The second-order valence-corrected chi connectivity index (χ2v) is 9.64. The molecule has 1 fully saturated rings. The Morgan fingerprint density at radius 1 is 1.15 bits per heavy atom. The topological polar surface area (TPSA) is 105 Å². The summed E-state index contributed by atoms with van der Waals surface area (Å²) in [7, 11) is 1.73. The van der Waals surface area contributed by atoms with Crippen LogP contribution in [0.5, 0.6) is 0 Å². The Bertz CT molecular complexity index is 962. The van der Waals surface area contributed by atoms with Gasteiger partial charge in [0.25, 0.3) is 11.1 Å². The Labute approximate surface area is 198 Å². The van der Waals surface area contributed by atoms with Gasteiger partial charge in [0.05, 0.1) is 5.92 Å². The lowest BCUT2D eigenvalue weighted by Gasteiger charge is -2.37. The van der Waals surface area contributed by atoms with Gasteiger partial charge in [0.15, 0.2) is 0 Å². The van der Waals surface area contributed by atoms with Crippen molar-refractivity contribution >= 4 is 29.5 Å². The smallest absolute Gasteiger partial charge is 0.276 e. The van der Waals surface area contributed by atoms with Crippen LogP contribution < -0.4 is 5.32 Å². The van der Waals surface area contributed by atoms with E-state index in [0.717, 1.165) is 19.3 Å². The highest BCUT2D eigenvalue weighted by Crippen LogP contribution is 2.30. The SMILES string of the molecule is CSc1nnc([C@H](CC(C)C)C(=O)NC(=O)[C@@H]2CCCC[C@@H]2N(C)C(=O)c2ccccc2)o1. The summed E-state index contributed by atoms with van der Waals surface area (Å²) in [6.45, 7) is 3.99. The van der Waals surface area contributed by atoms with Gasteiger partial charge in [0, 0.05) is 18.7 Å². The Morgan fingerprint density at radius 3 is 2.48 bits per heavy atom. The fourth-order valence-corrected chi connectivity index (χ4v) is 4.64. The molecule has 8 nitrogen and oxygen atoms in total. The quantitative estimate of drug-likeness (QED) is 0.581. The Balaban J connectivity index is 1.74. The van der Waals surface area contributed by atoms with Gasteiger partial charge >= 0.3 is 0 Å². The number of rotatable bonds is 8. The lowest BCUT2D eigenvalue weighted by atomic mass is 9.82. The summed E-state index contributed by atoms with van der Waals surface area (Å²) in [5, 5.41) is 10.9. The number of amides is 3. The zero-order valence-corrected chi connectivity index (χ0v) is 20.4. The first-order valence-corrected chi connectivity index (χ1v) is 12.6. The molecule has 1 aliphatic rings. The van der Waals surface area contributed by atoms with Crippen LogP contribution in [-0.2, 0) is 9.59 Å². The molecule has 3 atom stereocenters. The number of imide groups is 1. The van der Waals surface area contributed by atoms with Crippen molar-refractivity contribution in [1.29, 1.82) is 0 Å². The molecule has 1 saturated carbocycles. The minimum atomic E-state index is -0.701. The third kappa shape index (κ3) is 6.22. The summed E-state index contributed by atoms with van der Waals surface area (Å²) < 4.78 is 5.60. The molecule has 0 bridgehead atoms. The third-order valence-corrected chi connectivity index (χ3v) is 6.58. The fraction of sp³-hybridized carbons (Fsp3) is 0.542. The Morgan fingerprint density at radius 2 is 1.85 bits per heavy atom. The van der Waals surface area contributed by atoms with Gasteiger partial charge in [-0.25, -0.2) is 0 Å². The van der Waals surface area contributed by atoms with E-state index in [1.807, 2.05) is 38.3 Å². The van der Waals surface area contributed by atoms with Crippen LogP contribution in [0, 0.1) is 11.8 Å².